The van der Waals surface area contributed by atoms with Gasteiger partial charge in [-0.15, -0.1) is 0 Å². The molecule has 0 atom stereocenters. The molecule has 3 rings (SSSR count). The molecule has 2 aromatic carbocycles. The monoisotopic (exact) mass is 358 g/mol. The Kier molecular flexibility index (Phi) is 4.56. The van der Waals surface area contributed by atoms with E-state index in [4.69, 9.17) is 0 Å². The van der Waals surface area contributed by atoms with Crippen LogP contribution in [0.15, 0.2) is 42.5 Å². The van der Waals surface area contributed by atoms with Gasteiger partial charge in [0.2, 0.25) is 10.0 Å². The number of carbonyl (C=O) groups is 1. The molecule has 0 fully saturated rings. The zero-order valence-corrected chi connectivity index (χ0v) is 15.5. The van der Waals surface area contributed by atoms with E-state index in [1.54, 1.807) is 18.2 Å². The molecule has 1 heterocycles. The van der Waals surface area contributed by atoms with Crippen LogP contribution in [0.5, 0.6) is 0 Å². The molecule has 0 saturated heterocycles. The van der Waals surface area contributed by atoms with Gasteiger partial charge in [-0.1, -0.05) is 30.3 Å². The minimum Gasteiger partial charge on any atom is -0.334 e. The highest BCUT2D eigenvalue weighted by Gasteiger charge is 2.23. The average molecular weight is 358 g/mol. The van der Waals surface area contributed by atoms with E-state index in [0.717, 1.165) is 18.2 Å². The van der Waals surface area contributed by atoms with Gasteiger partial charge in [0.05, 0.1) is 11.9 Å². The molecule has 5 nitrogen and oxygen atoms in total. The molecule has 25 heavy (non-hydrogen) atoms. The molecule has 0 saturated carbocycles. The molecule has 0 bridgehead atoms. The van der Waals surface area contributed by atoms with Crippen molar-refractivity contribution in [1.82, 2.24) is 4.90 Å². The summed E-state index contributed by atoms with van der Waals surface area (Å²) in [5.74, 6) is -0.0716. The van der Waals surface area contributed by atoms with Crippen molar-refractivity contribution < 1.29 is 13.2 Å². The van der Waals surface area contributed by atoms with Gasteiger partial charge in [-0.25, -0.2) is 8.42 Å². The first-order valence-corrected chi connectivity index (χ1v) is 10.0. The minimum atomic E-state index is -3.38. The summed E-state index contributed by atoms with van der Waals surface area (Å²) in [4.78, 5) is 14.7. The fourth-order valence-electron chi connectivity index (χ4n) is 3.11. The summed E-state index contributed by atoms with van der Waals surface area (Å²) in [6.45, 7) is 3.09. The maximum absolute atomic E-state index is 12.9. The Balaban J connectivity index is 1.89. The number of benzene rings is 2. The van der Waals surface area contributed by atoms with Gasteiger partial charge in [0, 0.05) is 25.7 Å². The van der Waals surface area contributed by atoms with Crippen molar-refractivity contribution in [3.8, 4) is 0 Å². The molecular weight excluding hydrogens is 336 g/mol. The summed E-state index contributed by atoms with van der Waals surface area (Å²) in [6, 6.07) is 13.4. The Morgan fingerprint density at radius 3 is 2.48 bits per heavy atom. The topological polar surface area (TPSA) is 57.7 Å². The summed E-state index contributed by atoms with van der Waals surface area (Å²) in [7, 11) is -1.87. The van der Waals surface area contributed by atoms with E-state index in [-0.39, 0.29) is 5.91 Å². The van der Waals surface area contributed by atoms with E-state index in [1.807, 2.05) is 30.0 Å². The number of aryl methyl sites for hydroxylation is 1. The van der Waals surface area contributed by atoms with E-state index in [1.165, 1.54) is 22.5 Å². The standard InChI is InChI=1S/C19H22N2O3S/c1-14-8-9-16(12-18(14)20(2)25(3,23)24)19(22)21-11-10-15-6-4-5-7-17(15)13-21/h4-9,12H,10-11,13H2,1-3H3. The Morgan fingerprint density at radius 2 is 1.80 bits per heavy atom. The van der Waals surface area contributed by atoms with Crippen LogP contribution >= 0.6 is 0 Å². The summed E-state index contributed by atoms with van der Waals surface area (Å²) < 4.78 is 24.9. The van der Waals surface area contributed by atoms with Crippen LogP contribution in [0, 0.1) is 6.92 Å². The lowest BCUT2D eigenvalue weighted by Gasteiger charge is -2.29. The lowest BCUT2D eigenvalue weighted by Crippen LogP contribution is -2.36. The highest BCUT2D eigenvalue weighted by molar-refractivity contribution is 7.92. The lowest BCUT2D eigenvalue weighted by atomic mass is 9.99. The molecule has 132 valence electrons. The highest BCUT2D eigenvalue weighted by Crippen LogP contribution is 2.25. The molecule has 0 aliphatic carbocycles. The summed E-state index contributed by atoms with van der Waals surface area (Å²) in [5.41, 5.74) is 4.31. The second kappa shape index (κ2) is 6.52. The molecule has 1 aliphatic heterocycles. The third-order valence-corrected chi connectivity index (χ3v) is 5.90. The van der Waals surface area contributed by atoms with Gasteiger partial charge < -0.3 is 4.90 Å². The number of amides is 1. The van der Waals surface area contributed by atoms with E-state index < -0.39 is 10.0 Å². The lowest BCUT2D eigenvalue weighted by molar-refractivity contribution is 0.0734. The van der Waals surface area contributed by atoms with Crippen LogP contribution in [-0.2, 0) is 23.0 Å². The number of hydrogen-bond donors (Lipinski definition) is 0. The third-order valence-electron chi connectivity index (χ3n) is 4.71. The van der Waals surface area contributed by atoms with Gasteiger partial charge in [-0.05, 0) is 42.2 Å². The minimum absolute atomic E-state index is 0.0716. The van der Waals surface area contributed by atoms with Crippen molar-refractivity contribution in [1.29, 1.82) is 0 Å². The third kappa shape index (κ3) is 3.54. The van der Waals surface area contributed by atoms with Crippen molar-refractivity contribution in [2.75, 3.05) is 24.2 Å². The van der Waals surface area contributed by atoms with Crippen LogP contribution in [0.1, 0.15) is 27.0 Å². The van der Waals surface area contributed by atoms with Crippen LogP contribution in [0.3, 0.4) is 0 Å². The van der Waals surface area contributed by atoms with Crippen molar-refractivity contribution in [3.05, 3.63) is 64.7 Å². The van der Waals surface area contributed by atoms with Crippen LogP contribution in [0.4, 0.5) is 5.69 Å². The van der Waals surface area contributed by atoms with Crippen molar-refractivity contribution in [2.45, 2.75) is 19.9 Å². The number of hydrogen-bond acceptors (Lipinski definition) is 3. The van der Waals surface area contributed by atoms with Crippen LogP contribution in [0.25, 0.3) is 0 Å². The number of carbonyl (C=O) groups excluding carboxylic acids is 1. The first kappa shape index (κ1) is 17.5. The van der Waals surface area contributed by atoms with Gasteiger partial charge >= 0.3 is 0 Å². The van der Waals surface area contributed by atoms with Gasteiger partial charge in [-0.2, -0.15) is 0 Å². The van der Waals surface area contributed by atoms with E-state index in [9.17, 15) is 13.2 Å². The van der Waals surface area contributed by atoms with Crippen molar-refractivity contribution >= 4 is 21.6 Å². The molecule has 0 radical (unpaired) electrons. The number of nitrogens with zero attached hydrogens (tertiary/aromatic N) is 2. The van der Waals surface area contributed by atoms with E-state index in [2.05, 4.69) is 6.07 Å². The molecular formula is C19H22N2O3S. The summed E-state index contributed by atoms with van der Waals surface area (Å²) in [5, 5.41) is 0. The highest BCUT2D eigenvalue weighted by atomic mass is 32.2. The number of anilines is 1. The maximum atomic E-state index is 12.9. The molecule has 2 aromatic rings. The molecule has 1 aliphatic rings. The summed E-state index contributed by atoms with van der Waals surface area (Å²) >= 11 is 0. The fourth-order valence-corrected chi connectivity index (χ4v) is 3.67. The van der Waals surface area contributed by atoms with Gasteiger partial charge in [0.25, 0.3) is 5.91 Å². The predicted octanol–water partition coefficient (Wildman–Crippen LogP) is 2.59. The van der Waals surface area contributed by atoms with Crippen LogP contribution in [0.2, 0.25) is 0 Å². The Bertz CT molecular complexity index is 922. The summed E-state index contributed by atoms with van der Waals surface area (Å²) in [6.07, 6.45) is 1.99. The second-order valence-corrected chi connectivity index (χ2v) is 8.49. The number of sulfonamides is 1. The fraction of sp³-hybridized carbons (Fsp3) is 0.316. The van der Waals surface area contributed by atoms with Crippen molar-refractivity contribution in [3.63, 3.8) is 0 Å². The second-order valence-electron chi connectivity index (χ2n) is 6.48. The van der Waals surface area contributed by atoms with Crippen LogP contribution < -0.4 is 4.31 Å². The first-order chi connectivity index (χ1) is 11.8. The SMILES string of the molecule is Cc1ccc(C(=O)N2CCc3ccccc3C2)cc1N(C)S(C)(=O)=O. The predicted molar refractivity (Wildman–Crippen MR) is 99.3 cm³/mol. The quantitative estimate of drug-likeness (QED) is 0.847. The largest absolute Gasteiger partial charge is 0.334 e. The van der Waals surface area contributed by atoms with Gasteiger partial charge in [-0.3, -0.25) is 9.10 Å². The molecule has 0 spiro atoms. The maximum Gasteiger partial charge on any atom is 0.254 e. The number of rotatable bonds is 3. The number of fused-ring (bicyclic) bond motifs is 1. The zero-order valence-electron chi connectivity index (χ0n) is 14.7. The van der Waals surface area contributed by atoms with Crippen LogP contribution in [-0.4, -0.2) is 39.1 Å². The molecule has 0 aromatic heterocycles. The van der Waals surface area contributed by atoms with E-state index in [0.29, 0.717) is 24.3 Å². The Morgan fingerprint density at radius 1 is 1.12 bits per heavy atom. The van der Waals surface area contributed by atoms with Gasteiger partial charge in [0.1, 0.15) is 0 Å². The zero-order chi connectivity index (χ0) is 18.2. The Hall–Kier alpha value is -2.34. The smallest absolute Gasteiger partial charge is 0.254 e. The molecule has 0 unspecified atom stereocenters. The molecule has 0 N–H and O–H groups in total. The Labute approximate surface area is 148 Å². The molecule has 1 amide bonds. The normalized spacial score (nSPS) is 14.1. The first-order valence-electron chi connectivity index (χ1n) is 8.18. The molecule has 6 heteroatoms. The van der Waals surface area contributed by atoms with E-state index >= 15 is 0 Å². The van der Waals surface area contributed by atoms with Gasteiger partial charge in [0.15, 0.2) is 0 Å². The van der Waals surface area contributed by atoms with Crippen molar-refractivity contribution in [2.24, 2.45) is 0 Å². The average Bonchev–Trinajstić information content (AvgIpc) is 2.59.